The minimum Gasteiger partial charge on any atom is -0.481 e. The molecule has 2 N–H and O–H groups in total. The average molecular weight is 229 g/mol. The van der Waals surface area contributed by atoms with Gasteiger partial charge in [-0.15, -0.1) is 0 Å². The van der Waals surface area contributed by atoms with E-state index in [9.17, 15) is 9.59 Å². The number of rotatable bonds is 7. The smallest absolute Gasteiger partial charge is 0.303 e. The third-order valence-electron chi connectivity index (χ3n) is 2.84. The van der Waals surface area contributed by atoms with Gasteiger partial charge < -0.3 is 10.4 Å². The van der Waals surface area contributed by atoms with Crippen LogP contribution < -0.4 is 5.32 Å². The molecule has 0 heterocycles. The van der Waals surface area contributed by atoms with Crippen molar-refractivity contribution in [1.82, 2.24) is 5.32 Å². The zero-order valence-corrected chi connectivity index (χ0v) is 10.6. The molecule has 0 aliphatic carbocycles. The van der Waals surface area contributed by atoms with Crippen LogP contribution in [0.3, 0.4) is 0 Å². The van der Waals surface area contributed by atoms with Gasteiger partial charge in [0.15, 0.2) is 0 Å². The van der Waals surface area contributed by atoms with Crippen molar-refractivity contribution in [3.05, 3.63) is 0 Å². The van der Waals surface area contributed by atoms with Crippen LogP contribution in [0.5, 0.6) is 0 Å². The van der Waals surface area contributed by atoms with Gasteiger partial charge in [0.2, 0.25) is 5.91 Å². The highest BCUT2D eigenvalue weighted by molar-refractivity contribution is 5.76. The van der Waals surface area contributed by atoms with Gasteiger partial charge in [-0.1, -0.05) is 20.8 Å². The summed E-state index contributed by atoms with van der Waals surface area (Å²) in [6.07, 6.45) is 1.09. The van der Waals surface area contributed by atoms with Gasteiger partial charge in [0, 0.05) is 18.9 Å². The van der Waals surface area contributed by atoms with Crippen molar-refractivity contribution in [1.29, 1.82) is 0 Å². The molecule has 0 fully saturated rings. The van der Waals surface area contributed by atoms with Crippen LogP contribution >= 0.6 is 0 Å². The van der Waals surface area contributed by atoms with E-state index in [1.807, 2.05) is 13.8 Å². The lowest BCUT2D eigenvalue weighted by molar-refractivity contribution is -0.137. The summed E-state index contributed by atoms with van der Waals surface area (Å²) in [7, 11) is 0. The molecule has 2 unspecified atom stereocenters. The summed E-state index contributed by atoms with van der Waals surface area (Å²) in [6.45, 7) is 8.06. The van der Waals surface area contributed by atoms with E-state index in [2.05, 4.69) is 19.2 Å². The lowest BCUT2D eigenvalue weighted by atomic mass is 9.94. The quantitative estimate of drug-likeness (QED) is 0.702. The number of carbonyl (C=O) groups is 2. The lowest BCUT2D eigenvalue weighted by Crippen LogP contribution is -2.34. The molecule has 94 valence electrons. The highest BCUT2D eigenvalue weighted by atomic mass is 16.4. The Labute approximate surface area is 97.4 Å². The molecule has 0 aromatic heterocycles. The Morgan fingerprint density at radius 1 is 1.19 bits per heavy atom. The fourth-order valence-electron chi connectivity index (χ4n) is 1.27. The van der Waals surface area contributed by atoms with Crippen LogP contribution in [0.4, 0.5) is 0 Å². The first-order valence-corrected chi connectivity index (χ1v) is 5.84. The second kappa shape index (κ2) is 7.25. The number of carboxylic acid groups (broad SMARTS) is 1. The van der Waals surface area contributed by atoms with E-state index in [1.54, 1.807) is 0 Å². The summed E-state index contributed by atoms with van der Waals surface area (Å²) in [4.78, 5) is 21.9. The number of carbonyl (C=O) groups excluding carboxylic acids is 1. The van der Waals surface area contributed by atoms with Crippen LogP contribution in [0.1, 0.15) is 47.0 Å². The van der Waals surface area contributed by atoms with Crippen molar-refractivity contribution in [2.75, 3.05) is 0 Å². The summed E-state index contributed by atoms with van der Waals surface area (Å²) in [5.74, 6) is 0.0301. The zero-order valence-electron chi connectivity index (χ0n) is 10.6. The number of hydrogen-bond acceptors (Lipinski definition) is 2. The third-order valence-corrected chi connectivity index (χ3v) is 2.84. The zero-order chi connectivity index (χ0) is 12.7. The predicted octanol–water partition coefficient (Wildman–Crippen LogP) is 2.04. The lowest BCUT2D eigenvalue weighted by Gasteiger charge is -2.17. The van der Waals surface area contributed by atoms with Gasteiger partial charge in [0.1, 0.15) is 0 Å². The van der Waals surface area contributed by atoms with Gasteiger partial charge in [-0.3, -0.25) is 9.59 Å². The first kappa shape index (κ1) is 14.9. The number of carboxylic acids is 1. The van der Waals surface area contributed by atoms with E-state index in [0.29, 0.717) is 24.7 Å². The number of hydrogen-bond donors (Lipinski definition) is 2. The Hall–Kier alpha value is -1.06. The molecule has 4 nitrogen and oxygen atoms in total. The van der Waals surface area contributed by atoms with E-state index < -0.39 is 5.97 Å². The van der Waals surface area contributed by atoms with E-state index in [4.69, 9.17) is 5.11 Å². The molecule has 0 spiro atoms. The van der Waals surface area contributed by atoms with Gasteiger partial charge in [-0.2, -0.15) is 0 Å². The van der Waals surface area contributed by atoms with Crippen molar-refractivity contribution in [3.8, 4) is 0 Å². The molecule has 0 aliphatic rings. The first-order valence-electron chi connectivity index (χ1n) is 5.84. The topological polar surface area (TPSA) is 66.4 Å². The molecule has 0 aliphatic heterocycles. The second-order valence-electron chi connectivity index (χ2n) is 4.83. The average Bonchev–Trinajstić information content (AvgIpc) is 2.14. The fourth-order valence-corrected chi connectivity index (χ4v) is 1.27. The monoisotopic (exact) mass is 229 g/mol. The molecule has 0 saturated carbocycles. The van der Waals surface area contributed by atoms with Crippen molar-refractivity contribution < 1.29 is 14.7 Å². The molecule has 0 aromatic rings. The standard InChI is InChI=1S/C12H23NO3/c1-8(2)9(3)7-11(14)13-10(4)5-6-12(15)16/h8-10H,5-7H2,1-4H3,(H,13,14)(H,15,16). The Bertz CT molecular complexity index is 238. The number of nitrogens with one attached hydrogen (secondary N) is 1. The van der Waals surface area contributed by atoms with E-state index in [-0.39, 0.29) is 18.4 Å². The van der Waals surface area contributed by atoms with Crippen LogP contribution in [0, 0.1) is 11.8 Å². The Kier molecular flexibility index (Phi) is 6.77. The maximum absolute atomic E-state index is 11.6. The normalized spacial score (nSPS) is 14.6. The van der Waals surface area contributed by atoms with Gasteiger partial charge in [0.25, 0.3) is 0 Å². The molecule has 16 heavy (non-hydrogen) atoms. The molecule has 0 saturated heterocycles. The Morgan fingerprint density at radius 2 is 1.75 bits per heavy atom. The largest absolute Gasteiger partial charge is 0.481 e. The molecular formula is C12H23NO3. The SMILES string of the molecule is CC(CCC(=O)O)NC(=O)CC(C)C(C)C. The summed E-state index contributed by atoms with van der Waals surface area (Å²) in [6, 6.07) is -0.0667. The molecule has 4 heteroatoms. The fraction of sp³-hybridized carbons (Fsp3) is 0.833. The maximum atomic E-state index is 11.6. The first-order chi connectivity index (χ1) is 7.32. The predicted molar refractivity (Wildman–Crippen MR) is 63.1 cm³/mol. The highest BCUT2D eigenvalue weighted by Gasteiger charge is 2.14. The number of amides is 1. The Morgan fingerprint density at radius 3 is 2.19 bits per heavy atom. The minimum absolute atomic E-state index is 0.0130. The molecule has 0 aromatic carbocycles. The van der Waals surface area contributed by atoms with Crippen LogP contribution in [-0.4, -0.2) is 23.0 Å². The van der Waals surface area contributed by atoms with Crippen molar-refractivity contribution in [3.63, 3.8) is 0 Å². The van der Waals surface area contributed by atoms with Gasteiger partial charge >= 0.3 is 5.97 Å². The molecule has 2 atom stereocenters. The van der Waals surface area contributed by atoms with Crippen molar-refractivity contribution >= 4 is 11.9 Å². The summed E-state index contributed by atoms with van der Waals surface area (Å²) < 4.78 is 0. The van der Waals surface area contributed by atoms with Crippen molar-refractivity contribution in [2.45, 2.75) is 53.0 Å². The minimum atomic E-state index is -0.823. The van der Waals surface area contributed by atoms with Crippen LogP contribution in [-0.2, 0) is 9.59 Å². The summed E-state index contributed by atoms with van der Waals surface area (Å²) >= 11 is 0. The van der Waals surface area contributed by atoms with Crippen LogP contribution in [0.25, 0.3) is 0 Å². The number of aliphatic carboxylic acids is 1. The van der Waals surface area contributed by atoms with Crippen molar-refractivity contribution in [2.24, 2.45) is 11.8 Å². The van der Waals surface area contributed by atoms with E-state index >= 15 is 0 Å². The third kappa shape index (κ3) is 7.26. The summed E-state index contributed by atoms with van der Waals surface area (Å²) in [5, 5.41) is 11.3. The van der Waals surface area contributed by atoms with Gasteiger partial charge in [0.05, 0.1) is 0 Å². The highest BCUT2D eigenvalue weighted by Crippen LogP contribution is 2.13. The van der Waals surface area contributed by atoms with Crippen LogP contribution in [0.15, 0.2) is 0 Å². The van der Waals surface area contributed by atoms with Crippen LogP contribution in [0.2, 0.25) is 0 Å². The Balaban J connectivity index is 3.82. The molecule has 1 amide bonds. The molecular weight excluding hydrogens is 206 g/mol. The maximum Gasteiger partial charge on any atom is 0.303 e. The second-order valence-corrected chi connectivity index (χ2v) is 4.83. The van der Waals surface area contributed by atoms with E-state index in [1.165, 1.54) is 0 Å². The van der Waals surface area contributed by atoms with Gasteiger partial charge in [-0.05, 0) is 25.2 Å². The molecule has 0 bridgehead atoms. The van der Waals surface area contributed by atoms with E-state index in [0.717, 1.165) is 0 Å². The molecule has 0 radical (unpaired) electrons. The molecule has 0 rings (SSSR count). The summed E-state index contributed by atoms with van der Waals surface area (Å²) in [5.41, 5.74) is 0. The van der Waals surface area contributed by atoms with Gasteiger partial charge in [-0.25, -0.2) is 0 Å².